The summed E-state index contributed by atoms with van der Waals surface area (Å²) in [5.74, 6) is 0.994. The first-order chi connectivity index (χ1) is 9.16. The van der Waals surface area contributed by atoms with Gasteiger partial charge in [0.2, 0.25) is 5.91 Å². The number of carbonyl (C=O) groups is 1. The Bertz CT molecular complexity index is 584. The molecule has 0 aliphatic rings. The predicted octanol–water partition coefficient (Wildman–Crippen LogP) is 3.43. The van der Waals surface area contributed by atoms with E-state index < -0.39 is 0 Å². The summed E-state index contributed by atoms with van der Waals surface area (Å²) >= 11 is 1.54. The molecule has 2 aromatic rings. The number of anilines is 1. The van der Waals surface area contributed by atoms with Crippen molar-refractivity contribution in [2.45, 2.75) is 18.7 Å². The lowest BCUT2D eigenvalue weighted by atomic mass is 10.2. The zero-order chi connectivity index (χ0) is 13.7. The Morgan fingerprint density at radius 3 is 2.63 bits per heavy atom. The Hall–Kier alpha value is -1.81. The Morgan fingerprint density at radius 2 is 1.89 bits per heavy atom. The van der Waals surface area contributed by atoms with Crippen molar-refractivity contribution in [3.63, 3.8) is 0 Å². The minimum absolute atomic E-state index is 0.0324. The summed E-state index contributed by atoms with van der Waals surface area (Å²) < 4.78 is 0. The number of hydrogen-bond donors (Lipinski definition) is 1. The van der Waals surface area contributed by atoms with Crippen molar-refractivity contribution in [3.8, 4) is 0 Å². The lowest BCUT2D eigenvalue weighted by Gasteiger charge is -2.07. The number of nitrogens with zero attached hydrogens (tertiary/aromatic N) is 1. The highest BCUT2D eigenvalue weighted by Gasteiger charge is 2.07. The first kappa shape index (κ1) is 13.6. The van der Waals surface area contributed by atoms with E-state index in [0.717, 1.165) is 10.5 Å². The van der Waals surface area contributed by atoms with E-state index in [9.17, 15) is 4.79 Å². The molecule has 1 N–H and O–H groups in total. The monoisotopic (exact) mass is 272 g/mol. The molecule has 98 valence electrons. The SMILES string of the molecule is Cc1ccccc1SCC(=O)Nc1ncccc1C. The number of hydrogen-bond acceptors (Lipinski definition) is 3. The highest BCUT2D eigenvalue weighted by Crippen LogP contribution is 2.21. The summed E-state index contributed by atoms with van der Waals surface area (Å²) in [6, 6.07) is 11.8. The van der Waals surface area contributed by atoms with Gasteiger partial charge in [-0.2, -0.15) is 0 Å². The molecular formula is C15H16N2OS. The van der Waals surface area contributed by atoms with Crippen LogP contribution in [-0.2, 0) is 4.79 Å². The van der Waals surface area contributed by atoms with E-state index in [1.165, 1.54) is 5.56 Å². The molecular weight excluding hydrogens is 256 g/mol. The summed E-state index contributed by atoms with van der Waals surface area (Å²) in [6.45, 7) is 3.97. The summed E-state index contributed by atoms with van der Waals surface area (Å²) in [4.78, 5) is 17.2. The van der Waals surface area contributed by atoms with Crippen LogP contribution in [-0.4, -0.2) is 16.6 Å². The molecule has 1 aromatic carbocycles. The number of rotatable bonds is 4. The Labute approximate surface area is 117 Å². The molecule has 0 radical (unpaired) electrons. The van der Waals surface area contributed by atoms with Gasteiger partial charge in [-0.1, -0.05) is 24.3 Å². The maximum absolute atomic E-state index is 11.9. The van der Waals surface area contributed by atoms with E-state index in [1.54, 1.807) is 18.0 Å². The van der Waals surface area contributed by atoms with Gasteiger partial charge < -0.3 is 5.32 Å². The molecule has 0 aliphatic carbocycles. The van der Waals surface area contributed by atoms with Crippen LogP contribution in [0.3, 0.4) is 0 Å². The van der Waals surface area contributed by atoms with E-state index in [1.807, 2.05) is 50.2 Å². The molecule has 0 saturated carbocycles. The molecule has 3 nitrogen and oxygen atoms in total. The fraction of sp³-hybridized carbons (Fsp3) is 0.200. The van der Waals surface area contributed by atoms with Crippen LogP contribution in [0.15, 0.2) is 47.5 Å². The molecule has 1 amide bonds. The zero-order valence-corrected chi connectivity index (χ0v) is 11.8. The van der Waals surface area contributed by atoms with Gasteiger partial charge in [-0.3, -0.25) is 4.79 Å². The van der Waals surface area contributed by atoms with E-state index in [2.05, 4.69) is 10.3 Å². The molecule has 1 aromatic heterocycles. The standard InChI is InChI=1S/C15H16N2OS/c1-11-6-3-4-8-13(11)19-10-14(18)17-15-12(2)7-5-9-16-15/h3-9H,10H2,1-2H3,(H,16,17,18). The van der Waals surface area contributed by atoms with E-state index in [-0.39, 0.29) is 5.91 Å². The van der Waals surface area contributed by atoms with Gasteiger partial charge in [0.15, 0.2) is 0 Å². The van der Waals surface area contributed by atoms with Crippen LogP contribution in [0.5, 0.6) is 0 Å². The molecule has 0 saturated heterocycles. The van der Waals surface area contributed by atoms with Crippen LogP contribution >= 0.6 is 11.8 Å². The highest BCUT2D eigenvalue weighted by atomic mass is 32.2. The van der Waals surface area contributed by atoms with Crippen molar-refractivity contribution in [1.82, 2.24) is 4.98 Å². The molecule has 0 aliphatic heterocycles. The second-order valence-corrected chi connectivity index (χ2v) is 5.29. The van der Waals surface area contributed by atoms with E-state index in [0.29, 0.717) is 11.6 Å². The number of benzene rings is 1. The minimum atomic E-state index is -0.0324. The number of aromatic nitrogens is 1. The second kappa shape index (κ2) is 6.38. The lowest BCUT2D eigenvalue weighted by Crippen LogP contribution is -2.15. The van der Waals surface area contributed by atoms with Gasteiger partial charge in [0, 0.05) is 11.1 Å². The van der Waals surface area contributed by atoms with Crippen molar-refractivity contribution < 1.29 is 4.79 Å². The van der Waals surface area contributed by atoms with Crippen LogP contribution in [0.2, 0.25) is 0 Å². The van der Waals surface area contributed by atoms with Crippen molar-refractivity contribution in [3.05, 3.63) is 53.7 Å². The Morgan fingerprint density at radius 1 is 1.16 bits per heavy atom. The molecule has 0 bridgehead atoms. The largest absolute Gasteiger partial charge is 0.310 e. The smallest absolute Gasteiger partial charge is 0.235 e. The quantitative estimate of drug-likeness (QED) is 0.867. The predicted molar refractivity (Wildman–Crippen MR) is 79.5 cm³/mol. The molecule has 0 fully saturated rings. The van der Waals surface area contributed by atoms with Crippen molar-refractivity contribution >= 4 is 23.5 Å². The third kappa shape index (κ3) is 3.83. The first-order valence-electron chi connectivity index (χ1n) is 6.06. The summed E-state index contributed by atoms with van der Waals surface area (Å²) in [6.07, 6.45) is 1.68. The fourth-order valence-corrected chi connectivity index (χ4v) is 2.48. The highest BCUT2D eigenvalue weighted by molar-refractivity contribution is 8.00. The van der Waals surface area contributed by atoms with Crippen LogP contribution < -0.4 is 5.32 Å². The molecule has 0 spiro atoms. The topological polar surface area (TPSA) is 42.0 Å². The van der Waals surface area contributed by atoms with Gasteiger partial charge in [0.25, 0.3) is 0 Å². The number of aryl methyl sites for hydroxylation is 2. The van der Waals surface area contributed by atoms with Crippen LogP contribution in [0.25, 0.3) is 0 Å². The third-order valence-corrected chi connectivity index (χ3v) is 3.90. The average molecular weight is 272 g/mol. The van der Waals surface area contributed by atoms with E-state index in [4.69, 9.17) is 0 Å². The first-order valence-corrected chi connectivity index (χ1v) is 7.05. The van der Waals surface area contributed by atoms with Crippen molar-refractivity contribution in [2.75, 3.05) is 11.1 Å². The molecule has 4 heteroatoms. The van der Waals surface area contributed by atoms with Crippen LogP contribution in [0, 0.1) is 13.8 Å². The second-order valence-electron chi connectivity index (χ2n) is 4.27. The van der Waals surface area contributed by atoms with Crippen LogP contribution in [0.4, 0.5) is 5.82 Å². The summed E-state index contributed by atoms with van der Waals surface area (Å²) in [5, 5.41) is 2.83. The summed E-state index contributed by atoms with van der Waals surface area (Å²) in [7, 11) is 0. The van der Waals surface area contributed by atoms with Crippen molar-refractivity contribution in [2.24, 2.45) is 0 Å². The molecule has 1 heterocycles. The molecule has 2 rings (SSSR count). The van der Waals surface area contributed by atoms with Gasteiger partial charge in [0.1, 0.15) is 5.82 Å². The van der Waals surface area contributed by atoms with Gasteiger partial charge >= 0.3 is 0 Å². The summed E-state index contributed by atoms with van der Waals surface area (Å²) in [5.41, 5.74) is 2.16. The number of nitrogens with one attached hydrogen (secondary N) is 1. The normalized spacial score (nSPS) is 10.2. The minimum Gasteiger partial charge on any atom is -0.310 e. The van der Waals surface area contributed by atoms with Gasteiger partial charge in [-0.15, -0.1) is 11.8 Å². The molecule has 0 atom stereocenters. The lowest BCUT2D eigenvalue weighted by molar-refractivity contribution is -0.113. The molecule has 19 heavy (non-hydrogen) atoms. The third-order valence-electron chi connectivity index (χ3n) is 2.72. The number of pyridine rings is 1. The van der Waals surface area contributed by atoms with Gasteiger partial charge in [-0.25, -0.2) is 4.98 Å². The maximum Gasteiger partial charge on any atom is 0.235 e. The number of amides is 1. The van der Waals surface area contributed by atoms with Crippen molar-refractivity contribution in [1.29, 1.82) is 0 Å². The van der Waals surface area contributed by atoms with E-state index >= 15 is 0 Å². The zero-order valence-electron chi connectivity index (χ0n) is 11.0. The average Bonchev–Trinajstić information content (AvgIpc) is 2.40. The Balaban J connectivity index is 1.92. The molecule has 0 unspecified atom stereocenters. The Kier molecular flexibility index (Phi) is 4.58. The number of carbonyl (C=O) groups excluding carboxylic acids is 1. The van der Waals surface area contributed by atoms with Crippen LogP contribution in [0.1, 0.15) is 11.1 Å². The number of thioether (sulfide) groups is 1. The van der Waals surface area contributed by atoms with Gasteiger partial charge in [-0.05, 0) is 37.1 Å². The van der Waals surface area contributed by atoms with Gasteiger partial charge in [0.05, 0.1) is 5.75 Å². The maximum atomic E-state index is 11.9. The fourth-order valence-electron chi connectivity index (χ4n) is 1.65.